The second-order valence-electron chi connectivity index (χ2n) is 4.85. The SMILES string of the molecule is Nc1cc(Br)c(F)cc1NCc1cccc2ccccc12. The number of nitrogens with one attached hydrogen (secondary N) is 1. The Morgan fingerprint density at radius 2 is 1.81 bits per heavy atom. The maximum absolute atomic E-state index is 13.6. The van der Waals surface area contributed by atoms with E-state index in [2.05, 4.69) is 45.5 Å². The predicted molar refractivity (Wildman–Crippen MR) is 89.8 cm³/mol. The normalized spacial score (nSPS) is 10.8. The Bertz CT molecular complexity index is 797. The zero-order valence-electron chi connectivity index (χ0n) is 11.2. The van der Waals surface area contributed by atoms with Crippen molar-refractivity contribution < 1.29 is 4.39 Å². The van der Waals surface area contributed by atoms with E-state index >= 15 is 0 Å². The van der Waals surface area contributed by atoms with Crippen molar-refractivity contribution in [2.75, 3.05) is 11.1 Å². The lowest BCUT2D eigenvalue weighted by molar-refractivity contribution is 0.622. The molecule has 0 radical (unpaired) electrons. The summed E-state index contributed by atoms with van der Waals surface area (Å²) >= 11 is 3.13. The summed E-state index contributed by atoms with van der Waals surface area (Å²) in [4.78, 5) is 0. The molecule has 0 heterocycles. The third-order valence-corrected chi connectivity index (χ3v) is 4.05. The van der Waals surface area contributed by atoms with Gasteiger partial charge in [-0.3, -0.25) is 0 Å². The van der Waals surface area contributed by atoms with Crippen molar-refractivity contribution >= 4 is 38.1 Å². The maximum Gasteiger partial charge on any atom is 0.139 e. The lowest BCUT2D eigenvalue weighted by atomic mass is 10.0. The smallest absolute Gasteiger partial charge is 0.139 e. The van der Waals surface area contributed by atoms with E-state index in [0.717, 1.165) is 5.56 Å². The highest BCUT2D eigenvalue weighted by Gasteiger charge is 2.06. The fourth-order valence-corrected chi connectivity index (χ4v) is 2.71. The molecule has 0 fully saturated rings. The minimum atomic E-state index is -0.329. The largest absolute Gasteiger partial charge is 0.397 e. The number of hydrogen-bond donors (Lipinski definition) is 2. The summed E-state index contributed by atoms with van der Waals surface area (Å²) < 4.78 is 14.0. The van der Waals surface area contributed by atoms with Crippen LogP contribution < -0.4 is 11.1 Å². The number of fused-ring (bicyclic) bond motifs is 1. The number of anilines is 2. The van der Waals surface area contributed by atoms with Crippen LogP contribution in [-0.4, -0.2) is 0 Å². The van der Waals surface area contributed by atoms with Gasteiger partial charge in [-0.05, 0) is 38.3 Å². The van der Waals surface area contributed by atoms with Gasteiger partial charge in [0.15, 0.2) is 0 Å². The number of hydrogen-bond acceptors (Lipinski definition) is 2. The molecule has 0 aliphatic carbocycles. The molecule has 4 heteroatoms. The number of halogens is 2. The van der Waals surface area contributed by atoms with Crippen LogP contribution in [0.2, 0.25) is 0 Å². The minimum absolute atomic E-state index is 0.329. The van der Waals surface area contributed by atoms with Gasteiger partial charge in [0, 0.05) is 12.6 Å². The highest BCUT2D eigenvalue weighted by atomic mass is 79.9. The lowest BCUT2D eigenvalue weighted by Crippen LogP contribution is -2.03. The standard InChI is InChI=1S/C17H14BrFN2/c18-14-8-16(20)17(9-15(14)19)21-10-12-6-3-5-11-4-1-2-7-13(11)12/h1-9,21H,10,20H2. The van der Waals surface area contributed by atoms with Crippen LogP contribution in [-0.2, 0) is 6.54 Å². The van der Waals surface area contributed by atoms with Gasteiger partial charge in [-0.2, -0.15) is 0 Å². The third-order valence-electron chi connectivity index (χ3n) is 3.44. The van der Waals surface area contributed by atoms with Crippen LogP contribution in [0.3, 0.4) is 0 Å². The molecule has 0 spiro atoms. The first kappa shape index (κ1) is 13.9. The average Bonchev–Trinajstić information content (AvgIpc) is 2.49. The van der Waals surface area contributed by atoms with E-state index in [0.29, 0.717) is 22.4 Å². The molecule has 3 aromatic carbocycles. The van der Waals surface area contributed by atoms with Gasteiger partial charge < -0.3 is 11.1 Å². The molecular weight excluding hydrogens is 331 g/mol. The average molecular weight is 345 g/mol. The molecule has 0 saturated heterocycles. The maximum atomic E-state index is 13.6. The van der Waals surface area contributed by atoms with E-state index in [9.17, 15) is 4.39 Å². The van der Waals surface area contributed by atoms with Crippen molar-refractivity contribution in [2.45, 2.75) is 6.54 Å². The Morgan fingerprint density at radius 3 is 2.67 bits per heavy atom. The second kappa shape index (κ2) is 5.74. The van der Waals surface area contributed by atoms with Gasteiger partial charge in [-0.15, -0.1) is 0 Å². The highest BCUT2D eigenvalue weighted by molar-refractivity contribution is 9.10. The van der Waals surface area contributed by atoms with Crippen LogP contribution in [0.1, 0.15) is 5.56 Å². The zero-order valence-corrected chi connectivity index (χ0v) is 12.8. The first-order valence-electron chi connectivity index (χ1n) is 6.60. The summed E-state index contributed by atoms with van der Waals surface area (Å²) in [5, 5.41) is 5.57. The van der Waals surface area contributed by atoms with Gasteiger partial charge in [-0.1, -0.05) is 42.5 Å². The molecule has 0 bridgehead atoms. The molecule has 2 nitrogen and oxygen atoms in total. The molecular formula is C17H14BrFN2. The summed E-state index contributed by atoms with van der Waals surface area (Å²) in [5.41, 5.74) is 8.17. The van der Waals surface area contributed by atoms with Crippen LogP contribution in [0.4, 0.5) is 15.8 Å². The molecule has 3 rings (SSSR count). The Balaban J connectivity index is 1.89. The Kier molecular flexibility index (Phi) is 3.80. The van der Waals surface area contributed by atoms with Gasteiger partial charge in [0.2, 0.25) is 0 Å². The lowest BCUT2D eigenvalue weighted by Gasteiger charge is -2.12. The second-order valence-corrected chi connectivity index (χ2v) is 5.70. The minimum Gasteiger partial charge on any atom is -0.397 e. The Hall–Kier alpha value is -2.07. The first-order chi connectivity index (χ1) is 10.1. The van der Waals surface area contributed by atoms with E-state index in [1.165, 1.54) is 16.8 Å². The fraction of sp³-hybridized carbons (Fsp3) is 0.0588. The Labute approximate surface area is 130 Å². The molecule has 0 aliphatic rings. The molecule has 21 heavy (non-hydrogen) atoms. The van der Waals surface area contributed by atoms with Gasteiger partial charge in [0.05, 0.1) is 15.8 Å². The Morgan fingerprint density at radius 1 is 1.05 bits per heavy atom. The van der Waals surface area contributed by atoms with E-state index in [1.807, 2.05) is 18.2 Å². The number of benzene rings is 3. The molecule has 0 amide bonds. The summed E-state index contributed by atoms with van der Waals surface area (Å²) in [5.74, 6) is -0.329. The molecule has 3 aromatic rings. The van der Waals surface area contributed by atoms with Gasteiger partial charge >= 0.3 is 0 Å². The quantitative estimate of drug-likeness (QED) is 0.660. The monoisotopic (exact) mass is 344 g/mol. The van der Waals surface area contributed by atoms with Gasteiger partial charge in [0.25, 0.3) is 0 Å². The molecule has 0 aromatic heterocycles. The van der Waals surface area contributed by atoms with Crippen molar-refractivity contribution in [1.29, 1.82) is 0 Å². The molecule has 0 unspecified atom stereocenters. The number of nitrogens with two attached hydrogens (primary N) is 1. The van der Waals surface area contributed by atoms with Crippen molar-refractivity contribution in [3.8, 4) is 0 Å². The summed E-state index contributed by atoms with van der Waals surface area (Å²) in [6, 6.07) is 17.3. The van der Waals surface area contributed by atoms with Gasteiger partial charge in [0.1, 0.15) is 5.82 Å². The molecule has 0 aliphatic heterocycles. The zero-order chi connectivity index (χ0) is 14.8. The van der Waals surface area contributed by atoms with Crippen LogP contribution in [0.25, 0.3) is 10.8 Å². The number of rotatable bonds is 3. The fourth-order valence-electron chi connectivity index (χ4n) is 2.35. The third kappa shape index (κ3) is 2.85. The summed E-state index contributed by atoms with van der Waals surface area (Å²) in [7, 11) is 0. The van der Waals surface area contributed by atoms with Crippen LogP contribution >= 0.6 is 15.9 Å². The van der Waals surface area contributed by atoms with Crippen LogP contribution in [0.5, 0.6) is 0 Å². The topological polar surface area (TPSA) is 38.0 Å². The van der Waals surface area contributed by atoms with E-state index in [4.69, 9.17) is 5.73 Å². The molecule has 0 atom stereocenters. The highest BCUT2D eigenvalue weighted by Crippen LogP contribution is 2.27. The van der Waals surface area contributed by atoms with Crippen LogP contribution in [0.15, 0.2) is 59.1 Å². The van der Waals surface area contributed by atoms with E-state index in [1.54, 1.807) is 6.07 Å². The van der Waals surface area contributed by atoms with Crippen molar-refractivity contribution in [3.05, 3.63) is 70.5 Å². The van der Waals surface area contributed by atoms with E-state index in [-0.39, 0.29) is 5.82 Å². The molecule has 0 saturated carbocycles. The summed E-state index contributed by atoms with van der Waals surface area (Å²) in [6.07, 6.45) is 0. The van der Waals surface area contributed by atoms with Gasteiger partial charge in [-0.25, -0.2) is 4.39 Å². The first-order valence-corrected chi connectivity index (χ1v) is 7.39. The van der Waals surface area contributed by atoms with Crippen LogP contribution in [0, 0.1) is 5.82 Å². The van der Waals surface area contributed by atoms with Crippen molar-refractivity contribution in [1.82, 2.24) is 0 Å². The van der Waals surface area contributed by atoms with E-state index < -0.39 is 0 Å². The molecule has 3 N–H and O–H groups in total. The number of nitrogen functional groups attached to an aromatic ring is 1. The van der Waals surface area contributed by atoms with Crippen molar-refractivity contribution in [2.24, 2.45) is 0 Å². The molecule has 106 valence electrons. The predicted octanol–water partition coefficient (Wildman–Crippen LogP) is 4.94. The summed E-state index contributed by atoms with van der Waals surface area (Å²) in [6.45, 7) is 0.590. The van der Waals surface area contributed by atoms with Crippen molar-refractivity contribution in [3.63, 3.8) is 0 Å².